The second kappa shape index (κ2) is 7.86. The van der Waals surface area contributed by atoms with Gasteiger partial charge in [0.2, 0.25) is 0 Å². The van der Waals surface area contributed by atoms with Crippen molar-refractivity contribution in [3.8, 4) is 11.4 Å². The number of rotatable bonds is 5. The Morgan fingerprint density at radius 1 is 1.11 bits per heavy atom. The predicted molar refractivity (Wildman–Crippen MR) is 103 cm³/mol. The first kappa shape index (κ1) is 18.4. The summed E-state index contributed by atoms with van der Waals surface area (Å²) in [4.78, 5) is 12.1. The molecular formula is C21H20FN3O2. The van der Waals surface area contributed by atoms with Crippen molar-refractivity contribution >= 4 is 12.1 Å². The van der Waals surface area contributed by atoms with Crippen molar-refractivity contribution in [1.82, 2.24) is 9.99 Å². The monoisotopic (exact) mass is 365 g/mol. The summed E-state index contributed by atoms with van der Waals surface area (Å²) in [5.74, 6) is 0.105. The Hall–Kier alpha value is -3.41. The quantitative estimate of drug-likeness (QED) is 0.549. The third kappa shape index (κ3) is 4.06. The number of amides is 1. The Kier molecular flexibility index (Phi) is 5.35. The van der Waals surface area contributed by atoms with E-state index >= 15 is 0 Å². The van der Waals surface area contributed by atoms with E-state index in [2.05, 4.69) is 10.5 Å². The molecule has 3 aromatic rings. The van der Waals surface area contributed by atoms with Gasteiger partial charge in [-0.15, -0.1) is 0 Å². The number of hydrogen-bond acceptors (Lipinski definition) is 3. The van der Waals surface area contributed by atoms with Crippen LogP contribution in [0, 0.1) is 19.7 Å². The summed E-state index contributed by atoms with van der Waals surface area (Å²) in [7, 11) is 1.57. The Morgan fingerprint density at radius 2 is 1.78 bits per heavy atom. The molecule has 0 saturated carbocycles. The average molecular weight is 365 g/mol. The fourth-order valence-electron chi connectivity index (χ4n) is 2.87. The highest BCUT2D eigenvalue weighted by atomic mass is 19.1. The number of aryl methyl sites for hydroxylation is 1. The minimum Gasteiger partial charge on any atom is -0.497 e. The molecule has 0 unspecified atom stereocenters. The van der Waals surface area contributed by atoms with Gasteiger partial charge in [-0.1, -0.05) is 0 Å². The van der Waals surface area contributed by atoms with Crippen LogP contribution in [0.15, 0.2) is 59.7 Å². The predicted octanol–water partition coefficient (Wildman–Crippen LogP) is 4.01. The number of aromatic nitrogens is 1. The van der Waals surface area contributed by atoms with Crippen LogP contribution in [-0.4, -0.2) is 23.8 Å². The second-order valence-corrected chi connectivity index (χ2v) is 6.07. The van der Waals surface area contributed by atoms with Crippen LogP contribution in [0.2, 0.25) is 0 Å². The van der Waals surface area contributed by atoms with Gasteiger partial charge in [-0.05, 0) is 68.4 Å². The fraction of sp³-hybridized carbons (Fsp3) is 0.143. The Morgan fingerprint density at radius 3 is 2.41 bits per heavy atom. The van der Waals surface area contributed by atoms with E-state index in [1.54, 1.807) is 49.7 Å². The minimum absolute atomic E-state index is 0.274. The molecule has 0 fully saturated rings. The van der Waals surface area contributed by atoms with Gasteiger partial charge < -0.3 is 9.30 Å². The number of ether oxygens (including phenoxy) is 1. The van der Waals surface area contributed by atoms with E-state index in [9.17, 15) is 9.18 Å². The van der Waals surface area contributed by atoms with Crippen LogP contribution < -0.4 is 10.2 Å². The van der Waals surface area contributed by atoms with Crippen molar-refractivity contribution in [1.29, 1.82) is 0 Å². The SMILES string of the molecule is COc1ccc(C(=O)N/N=C\c2cc(C)n(-c3ccc(F)cc3)c2C)cc1. The molecule has 2 aromatic carbocycles. The summed E-state index contributed by atoms with van der Waals surface area (Å²) < 4.78 is 20.2. The molecule has 5 nitrogen and oxygen atoms in total. The number of methoxy groups -OCH3 is 1. The molecule has 0 aliphatic heterocycles. The van der Waals surface area contributed by atoms with Crippen LogP contribution in [0.25, 0.3) is 5.69 Å². The third-order valence-electron chi connectivity index (χ3n) is 4.28. The number of nitrogens with one attached hydrogen (secondary N) is 1. The topological polar surface area (TPSA) is 55.6 Å². The number of halogens is 1. The van der Waals surface area contributed by atoms with Gasteiger partial charge in [0.05, 0.1) is 13.3 Å². The van der Waals surface area contributed by atoms with Gasteiger partial charge in [-0.3, -0.25) is 4.79 Å². The minimum atomic E-state index is -0.304. The van der Waals surface area contributed by atoms with Crippen LogP contribution in [0.3, 0.4) is 0 Å². The maximum Gasteiger partial charge on any atom is 0.271 e. The van der Waals surface area contributed by atoms with Gasteiger partial charge in [0.25, 0.3) is 5.91 Å². The van der Waals surface area contributed by atoms with Gasteiger partial charge in [0.1, 0.15) is 11.6 Å². The molecule has 138 valence electrons. The molecule has 1 aromatic heterocycles. The summed E-state index contributed by atoms with van der Waals surface area (Å²) >= 11 is 0. The molecule has 1 heterocycles. The molecule has 0 atom stereocenters. The molecule has 0 aliphatic rings. The van der Waals surface area contributed by atoms with Crippen LogP contribution in [0.1, 0.15) is 27.3 Å². The first-order valence-electron chi connectivity index (χ1n) is 8.42. The van der Waals surface area contributed by atoms with Crippen molar-refractivity contribution in [3.05, 3.63) is 82.9 Å². The maximum absolute atomic E-state index is 13.2. The van der Waals surface area contributed by atoms with E-state index in [1.165, 1.54) is 12.1 Å². The summed E-state index contributed by atoms with van der Waals surface area (Å²) in [6, 6.07) is 15.0. The Labute approximate surface area is 157 Å². The van der Waals surface area contributed by atoms with Crippen molar-refractivity contribution in [2.75, 3.05) is 7.11 Å². The lowest BCUT2D eigenvalue weighted by atomic mass is 10.2. The van der Waals surface area contributed by atoms with Crippen LogP contribution in [-0.2, 0) is 0 Å². The fourth-order valence-corrected chi connectivity index (χ4v) is 2.87. The summed E-state index contributed by atoms with van der Waals surface area (Å²) in [5.41, 5.74) is 6.68. The Balaban J connectivity index is 1.74. The van der Waals surface area contributed by atoms with Crippen LogP contribution >= 0.6 is 0 Å². The second-order valence-electron chi connectivity index (χ2n) is 6.07. The van der Waals surface area contributed by atoms with Crippen molar-refractivity contribution in [3.63, 3.8) is 0 Å². The highest BCUT2D eigenvalue weighted by Crippen LogP contribution is 2.20. The van der Waals surface area contributed by atoms with Crippen molar-refractivity contribution < 1.29 is 13.9 Å². The lowest BCUT2D eigenvalue weighted by Crippen LogP contribution is -2.17. The van der Waals surface area contributed by atoms with E-state index in [-0.39, 0.29) is 11.7 Å². The normalized spacial score (nSPS) is 11.0. The molecule has 0 spiro atoms. The number of hydrogen-bond donors (Lipinski definition) is 1. The zero-order valence-electron chi connectivity index (χ0n) is 15.4. The summed E-state index contributed by atoms with van der Waals surface area (Å²) in [6.45, 7) is 3.91. The van der Waals surface area contributed by atoms with Gasteiger partial charge in [0, 0.05) is 28.2 Å². The molecule has 1 N–H and O–H groups in total. The molecule has 27 heavy (non-hydrogen) atoms. The van der Waals surface area contributed by atoms with E-state index in [4.69, 9.17) is 4.74 Å². The zero-order chi connectivity index (χ0) is 19.4. The Bertz CT molecular complexity index is 974. The average Bonchev–Trinajstić information content (AvgIpc) is 2.96. The van der Waals surface area contributed by atoms with E-state index in [0.29, 0.717) is 11.3 Å². The summed E-state index contributed by atoms with van der Waals surface area (Å²) in [5, 5.41) is 4.05. The van der Waals surface area contributed by atoms with Crippen LogP contribution in [0.5, 0.6) is 5.75 Å². The highest BCUT2D eigenvalue weighted by Gasteiger charge is 2.10. The molecular weight excluding hydrogens is 345 g/mol. The van der Waals surface area contributed by atoms with E-state index in [1.807, 2.05) is 24.5 Å². The number of carbonyl (C=O) groups is 1. The highest BCUT2D eigenvalue weighted by molar-refractivity contribution is 5.95. The van der Waals surface area contributed by atoms with Crippen molar-refractivity contribution in [2.45, 2.75) is 13.8 Å². The number of nitrogens with zero attached hydrogens (tertiary/aromatic N) is 2. The molecule has 1 amide bonds. The molecule has 0 radical (unpaired) electrons. The van der Waals surface area contributed by atoms with E-state index in [0.717, 1.165) is 22.6 Å². The van der Waals surface area contributed by atoms with Crippen LogP contribution in [0.4, 0.5) is 4.39 Å². The largest absolute Gasteiger partial charge is 0.497 e. The number of carbonyl (C=O) groups excluding carboxylic acids is 1. The number of benzene rings is 2. The van der Waals surface area contributed by atoms with Gasteiger partial charge in [-0.2, -0.15) is 5.10 Å². The lowest BCUT2D eigenvalue weighted by molar-refractivity contribution is 0.0955. The van der Waals surface area contributed by atoms with Gasteiger partial charge >= 0.3 is 0 Å². The number of hydrazone groups is 1. The third-order valence-corrected chi connectivity index (χ3v) is 4.28. The maximum atomic E-state index is 13.2. The van der Waals surface area contributed by atoms with E-state index < -0.39 is 0 Å². The molecule has 0 aliphatic carbocycles. The van der Waals surface area contributed by atoms with Gasteiger partial charge in [-0.25, -0.2) is 9.82 Å². The molecule has 6 heteroatoms. The molecule has 3 rings (SSSR count). The first-order valence-corrected chi connectivity index (χ1v) is 8.42. The summed E-state index contributed by atoms with van der Waals surface area (Å²) in [6.07, 6.45) is 1.60. The zero-order valence-corrected chi connectivity index (χ0v) is 15.4. The van der Waals surface area contributed by atoms with Gasteiger partial charge in [0.15, 0.2) is 0 Å². The standard InChI is InChI=1S/C21H20FN3O2/c1-14-12-17(15(2)25(14)19-8-6-18(22)7-9-19)13-23-24-21(26)16-4-10-20(27-3)11-5-16/h4-13H,1-3H3,(H,24,26)/b23-13-. The molecule has 0 saturated heterocycles. The van der Waals surface area contributed by atoms with Crippen molar-refractivity contribution in [2.24, 2.45) is 5.10 Å². The lowest BCUT2D eigenvalue weighted by Gasteiger charge is -2.09. The molecule has 0 bridgehead atoms. The smallest absolute Gasteiger partial charge is 0.271 e. The first-order chi connectivity index (χ1) is 13.0.